The lowest BCUT2D eigenvalue weighted by Gasteiger charge is -2.27. The first-order valence-corrected chi connectivity index (χ1v) is 12.6. The van der Waals surface area contributed by atoms with Gasteiger partial charge in [-0.1, -0.05) is 54.2 Å². The lowest BCUT2D eigenvalue weighted by atomic mass is 9.94. The highest BCUT2D eigenvalue weighted by molar-refractivity contribution is 7.99. The van der Waals surface area contributed by atoms with Crippen LogP contribution in [0.1, 0.15) is 27.1 Å². The lowest BCUT2D eigenvalue weighted by Crippen LogP contribution is -2.41. The summed E-state index contributed by atoms with van der Waals surface area (Å²) in [6.45, 7) is 0.338. The predicted molar refractivity (Wildman–Crippen MR) is 139 cm³/mol. The number of rotatable bonds is 7. The van der Waals surface area contributed by atoms with Gasteiger partial charge in [-0.15, -0.1) is 10.2 Å². The van der Waals surface area contributed by atoms with Crippen LogP contribution in [0.15, 0.2) is 96.4 Å². The molecule has 0 unspecified atom stereocenters. The number of benzene rings is 3. The fraction of sp³-hybridized carbons (Fsp3) is 0.107. The molecule has 0 fully saturated rings. The zero-order chi connectivity index (χ0) is 24.5. The number of imide groups is 1. The van der Waals surface area contributed by atoms with Crippen LogP contribution >= 0.6 is 11.8 Å². The van der Waals surface area contributed by atoms with Gasteiger partial charge >= 0.3 is 0 Å². The molecule has 5 aromatic rings. The van der Waals surface area contributed by atoms with Gasteiger partial charge in [0.1, 0.15) is 0 Å². The van der Waals surface area contributed by atoms with Gasteiger partial charge in [0.05, 0.1) is 0 Å². The maximum absolute atomic E-state index is 13.1. The molecule has 3 heterocycles. The number of para-hydroxylation sites is 1. The van der Waals surface area contributed by atoms with E-state index in [9.17, 15) is 9.59 Å². The van der Waals surface area contributed by atoms with Crippen LogP contribution in [0.4, 0.5) is 0 Å². The average molecular weight is 492 g/mol. The first-order chi connectivity index (χ1) is 17.7. The standard InChI is InChI=1S/C28H21N5O2S/c34-26-22-13-4-8-19-9-5-14-23(24(19)22)27(35)32(26)16-7-17-36-28-31-30-25(20-10-6-15-29-18-20)33(28)21-11-2-1-3-12-21/h1-6,8-15,18H,7,16-17H2. The van der Waals surface area contributed by atoms with E-state index in [1.165, 1.54) is 4.90 Å². The molecule has 0 radical (unpaired) electrons. The van der Waals surface area contributed by atoms with Crippen molar-refractivity contribution in [2.75, 3.05) is 12.3 Å². The first-order valence-electron chi connectivity index (χ1n) is 11.6. The minimum absolute atomic E-state index is 0.236. The molecule has 0 bridgehead atoms. The Morgan fingerprint density at radius 1 is 0.778 bits per heavy atom. The van der Waals surface area contributed by atoms with Gasteiger partial charge in [0.2, 0.25) is 0 Å². The van der Waals surface area contributed by atoms with E-state index >= 15 is 0 Å². The maximum Gasteiger partial charge on any atom is 0.261 e. The Kier molecular flexibility index (Phi) is 5.79. The highest BCUT2D eigenvalue weighted by atomic mass is 32.2. The normalized spacial score (nSPS) is 12.9. The second-order valence-electron chi connectivity index (χ2n) is 8.39. The monoisotopic (exact) mass is 491 g/mol. The van der Waals surface area contributed by atoms with E-state index in [2.05, 4.69) is 15.2 Å². The maximum atomic E-state index is 13.1. The Morgan fingerprint density at radius 3 is 2.22 bits per heavy atom. The quantitative estimate of drug-likeness (QED) is 0.175. The Hall–Kier alpha value is -4.30. The molecular formula is C28H21N5O2S. The zero-order valence-electron chi connectivity index (χ0n) is 19.2. The summed E-state index contributed by atoms with van der Waals surface area (Å²) >= 11 is 1.55. The molecule has 0 saturated heterocycles. The summed E-state index contributed by atoms with van der Waals surface area (Å²) in [5.41, 5.74) is 2.99. The van der Waals surface area contributed by atoms with Crippen molar-refractivity contribution in [3.8, 4) is 17.1 Å². The largest absolute Gasteiger partial charge is 0.274 e. The van der Waals surface area contributed by atoms with Crippen LogP contribution in [0.2, 0.25) is 0 Å². The minimum Gasteiger partial charge on any atom is -0.274 e. The van der Waals surface area contributed by atoms with Crippen LogP contribution in [-0.4, -0.2) is 48.8 Å². The van der Waals surface area contributed by atoms with Gasteiger partial charge < -0.3 is 0 Å². The molecule has 7 nitrogen and oxygen atoms in total. The third-order valence-corrected chi connectivity index (χ3v) is 7.20. The van der Waals surface area contributed by atoms with Crippen LogP contribution in [0.5, 0.6) is 0 Å². The second-order valence-corrected chi connectivity index (χ2v) is 9.45. The molecule has 2 aromatic heterocycles. The smallest absolute Gasteiger partial charge is 0.261 e. The fourth-order valence-electron chi connectivity index (χ4n) is 4.52. The van der Waals surface area contributed by atoms with Gasteiger partial charge in [-0.2, -0.15) is 0 Å². The molecule has 0 atom stereocenters. The van der Waals surface area contributed by atoms with Crippen LogP contribution in [0.3, 0.4) is 0 Å². The Labute approximate surface area is 211 Å². The number of pyridine rings is 1. The molecule has 1 aliphatic rings. The Morgan fingerprint density at radius 2 is 1.53 bits per heavy atom. The van der Waals surface area contributed by atoms with Crippen molar-refractivity contribution in [1.29, 1.82) is 0 Å². The predicted octanol–water partition coefficient (Wildman–Crippen LogP) is 5.26. The first kappa shape index (κ1) is 22.2. The molecule has 0 aliphatic carbocycles. The summed E-state index contributed by atoms with van der Waals surface area (Å²) in [7, 11) is 0. The highest BCUT2D eigenvalue weighted by Gasteiger charge is 2.32. The van der Waals surface area contributed by atoms with E-state index in [1.54, 1.807) is 36.3 Å². The lowest BCUT2D eigenvalue weighted by molar-refractivity contribution is 0.0611. The molecule has 1 aliphatic heterocycles. The van der Waals surface area contributed by atoms with Crippen molar-refractivity contribution in [1.82, 2.24) is 24.6 Å². The number of hydrogen-bond donors (Lipinski definition) is 0. The molecule has 0 saturated carbocycles. The van der Waals surface area contributed by atoms with E-state index in [0.29, 0.717) is 35.7 Å². The zero-order valence-corrected chi connectivity index (χ0v) is 20.1. The molecule has 8 heteroatoms. The number of carbonyl (C=O) groups is 2. The molecular weight excluding hydrogens is 470 g/mol. The summed E-state index contributed by atoms with van der Waals surface area (Å²) in [5, 5.41) is 11.3. The van der Waals surface area contributed by atoms with Gasteiger partial charge in [-0.3, -0.25) is 24.0 Å². The molecule has 3 aromatic carbocycles. The van der Waals surface area contributed by atoms with Crippen molar-refractivity contribution in [2.24, 2.45) is 0 Å². The number of hydrogen-bond acceptors (Lipinski definition) is 6. The van der Waals surface area contributed by atoms with Crippen molar-refractivity contribution in [2.45, 2.75) is 11.6 Å². The molecule has 2 amide bonds. The summed E-state index contributed by atoms with van der Waals surface area (Å²) in [5.74, 6) is 0.907. The van der Waals surface area contributed by atoms with Gasteiger partial charge in [-0.05, 0) is 48.2 Å². The third-order valence-electron chi connectivity index (χ3n) is 6.18. The van der Waals surface area contributed by atoms with Crippen LogP contribution < -0.4 is 0 Å². The number of nitrogens with zero attached hydrogens (tertiary/aromatic N) is 5. The topological polar surface area (TPSA) is 81.0 Å². The SMILES string of the molecule is O=C1c2cccc3cccc(c23)C(=O)N1CCCSc1nnc(-c2cccnc2)n1-c1ccccc1. The molecule has 36 heavy (non-hydrogen) atoms. The van der Waals surface area contributed by atoms with Gasteiger partial charge in [0, 0.05) is 52.5 Å². The van der Waals surface area contributed by atoms with E-state index in [4.69, 9.17) is 0 Å². The van der Waals surface area contributed by atoms with Crippen molar-refractivity contribution >= 4 is 34.3 Å². The molecule has 0 N–H and O–H groups in total. The van der Waals surface area contributed by atoms with Gasteiger partial charge in [0.25, 0.3) is 11.8 Å². The molecule has 0 spiro atoms. The van der Waals surface area contributed by atoms with Gasteiger partial charge in [-0.25, -0.2) is 0 Å². The number of amides is 2. The van der Waals surface area contributed by atoms with E-state index < -0.39 is 0 Å². The van der Waals surface area contributed by atoms with Crippen LogP contribution in [0, 0.1) is 0 Å². The van der Waals surface area contributed by atoms with Gasteiger partial charge in [0.15, 0.2) is 11.0 Å². The third kappa shape index (κ3) is 3.85. The minimum atomic E-state index is -0.236. The van der Waals surface area contributed by atoms with E-state index in [0.717, 1.165) is 27.2 Å². The molecule has 176 valence electrons. The summed E-state index contributed by atoms with van der Waals surface area (Å²) in [4.78, 5) is 31.9. The summed E-state index contributed by atoms with van der Waals surface area (Å²) in [6.07, 6.45) is 4.12. The van der Waals surface area contributed by atoms with Crippen molar-refractivity contribution in [3.63, 3.8) is 0 Å². The Balaban J connectivity index is 1.20. The second kappa shape index (κ2) is 9.39. The van der Waals surface area contributed by atoms with Crippen molar-refractivity contribution < 1.29 is 9.59 Å². The fourth-order valence-corrected chi connectivity index (χ4v) is 5.40. The number of carbonyl (C=O) groups excluding carboxylic acids is 2. The van der Waals surface area contributed by atoms with Crippen molar-refractivity contribution in [3.05, 3.63) is 102 Å². The number of aromatic nitrogens is 4. The highest BCUT2D eigenvalue weighted by Crippen LogP contribution is 2.31. The van der Waals surface area contributed by atoms with E-state index in [1.807, 2.05) is 71.3 Å². The summed E-state index contributed by atoms with van der Waals surface area (Å²) in [6, 6.07) is 24.9. The average Bonchev–Trinajstić information content (AvgIpc) is 3.36. The Bertz CT molecular complexity index is 1530. The van der Waals surface area contributed by atoms with E-state index in [-0.39, 0.29) is 11.8 Å². The molecule has 6 rings (SSSR count). The number of thioether (sulfide) groups is 1. The van der Waals surface area contributed by atoms with Crippen LogP contribution in [0.25, 0.3) is 27.8 Å². The van der Waals surface area contributed by atoms with Crippen LogP contribution in [-0.2, 0) is 0 Å². The summed E-state index contributed by atoms with van der Waals surface area (Å²) < 4.78 is 2.01.